The lowest BCUT2D eigenvalue weighted by molar-refractivity contribution is 0.0729. The zero-order valence-corrected chi connectivity index (χ0v) is 24.8. The number of nitrogens with one attached hydrogen (secondary N) is 1. The van der Waals surface area contributed by atoms with E-state index in [1.54, 1.807) is 34.7 Å². The van der Waals surface area contributed by atoms with E-state index in [1.807, 2.05) is 47.1 Å². The van der Waals surface area contributed by atoms with Crippen LogP contribution in [-0.4, -0.2) is 43.7 Å². The Hall–Kier alpha value is -4.41. The van der Waals surface area contributed by atoms with Crippen LogP contribution in [0.3, 0.4) is 0 Å². The summed E-state index contributed by atoms with van der Waals surface area (Å²) >= 11 is 9.66. The summed E-state index contributed by atoms with van der Waals surface area (Å²) in [6.45, 7) is 0.640. The summed E-state index contributed by atoms with van der Waals surface area (Å²) in [4.78, 5) is 29.5. The summed E-state index contributed by atoms with van der Waals surface area (Å²) in [5.74, 6) is 0.409. The number of carbonyl (C=O) groups excluding carboxylic acids is 1. The highest BCUT2D eigenvalue weighted by molar-refractivity contribution is 9.10. The highest BCUT2D eigenvalue weighted by Crippen LogP contribution is 2.29. The Morgan fingerprint density at radius 3 is 2.74 bits per heavy atom. The van der Waals surface area contributed by atoms with Crippen molar-refractivity contribution in [3.8, 4) is 5.69 Å². The molecule has 3 aromatic heterocycles. The Kier molecular flexibility index (Phi) is 6.59. The summed E-state index contributed by atoms with van der Waals surface area (Å²) in [6.07, 6.45) is 2.78. The third-order valence-electron chi connectivity index (χ3n) is 7.70. The number of aromatic nitrogens is 4. The SMILES string of the molecule is CNc1onc2cc(-n3c(=O)c4c(n5ncc(Cc6ccccc6)c35)CN(C(=O)c3ccc(Br)c(Cl)c3)CC4)ccc12. The van der Waals surface area contributed by atoms with Crippen LogP contribution in [0.25, 0.3) is 22.2 Å². The fraction of sp³-hybridized carbons (Fsp3) is 0.161. The van der Waals surface area contributed by atoms with E-state index in [9.17, 15) is 9.59 Å². The van der Waals surface area contributed by atoms with Gasteiger partial charge in [0.25, 0.3) is 11.5 Å². The number of carbonyl (C=O) groups is 1. The summed E-state index contributed by atoms with van der Waals surface area (Å²) < 4.78 is 9.67. The Morgan fingerprint density at radius 2 is 1.95 bits per heavy atom. The van der Waals surface area contributed by atoms with E-state index in [2.05, 4.69) is 38.5 Å². The molecular formula is C31H24BrClN6O3. The lowest BCUT2D eigenvalue weighted by atomic mass is 10.0. The average molecular weight is 644 g/mol. The second kappa shape index (κ2) is 10.5. The minimum Gasteiger partial charge on any atom is -0.357 e. The van der Waals surface area contributed by atoms with Gasteiger partial charge in [0.1, 0.15) is 11.2 Å². The van der Waals surface area contributed by atoms with Gasteiger partial charge in [0.15, 0.2) is 0 Å². The lowest BCUT2D eigenvalue weighted by Crippen LogP contribution is -2.41. The van der Waals surface area contributed by atoms with Crippen molar-refractivity contribution < 1.29 is 9.32 Å². The normalized spacial score (nSPS) is 13.1. The number of benzene rings is 3. The van der Waals surface area contributed by atoms with Crippen LogP contribution in [0.1, 0.15) is 32.7 Å². The van der Waals surface area contributed by atoms with Crippen LogP contribution >= 0.6 is 27.5 Å². The highest BCUT2D eigenvalue weighted by Gasteiger charge is 2.29. The fourth-order valence-electron chi connectivity index (χ4n) is 5.63. The van der Waals surface area contributed by atoms with Crippen molar-refractivity contribution in [3.05, 3.63) is 121 Å². The first-order chi connectivity index (χ1) is 20.4. The van der Waals surface area contributed by atoms with Crippen molar-refractivity contribution in [2.75, 3.05) is 18.9 Å². The maximum atomic E-state index is 14.3. The van der Waals surface area contributed by atoms with Gasteiger partial charge >= 0.3 is 0 Å². The molecule has 9 nitrogen and oxygen atoms in total. The summed E-state index contributed by atoms with van der Waals surface area (Å²) in [5, 5.41) is 13.3. The lowest BCUT2D eigenvalue weighted by Gasteiger charge is -2.29. The minimum absolute atomic E-state index is 0.136. The van der Waals surface area contributed by atoms with E-state index < -0.39 is 0 Å². The molecule has 0 unspecified atom stereocenters. The van der Waals surface area contributed by atoms with Gasteiger partial charge in [-0.3, -0.25) is 14.2 Å². The number of anilines is 1. The van der Waals surface area contributed by atoms with Crippen molar-refractivity contribution in [1.29, 1.82) is 0 Å². The summed E-state index contributed by atoms with van der Waals surface area (Å²) in [6, 6.07) is 20.9. The number of fused-ring (bicyclic) bond motifs is 4. The van der Waals surface area contributed by atoms with E-state index >= 15 is 0 Å². The molecule has 6 aromatic rings. The van der Waals surface area contributed by atoms with Crippen molar-refractivity contribution in [2.45, 2.75) is 19.4 Å². The standard InChI is InChI=1S/C31H24BrClN6O3/c1-34-28-22-9-8-21(15-26(22)36-42-28)38-29-20(13-18-5-3-2-4-6-18)16-35-39(29)27-17-37(12-11-23(27)31(38)41)30(40)19-7-10-24(32)25(33)14-19/h2-10,14-16,34H,11-13,17H2,1H3. The van der Waals surface area contributed by atoms with Gasteiger partial charge in [-0.05, 0) is 64.3 Å². The monoisotopic (exact) mass is 642 g/mol. The number of halogens is 2. The van der Waals surface area contributed by atoms with Gasteiger partial charge in [-0.15, -0.1) is 0 Å². The molecule has 0 radical (unpaired) electrons. The molecule has 0 fully saturated rings. The number of hydrogen-bond acceptors (Lipinski definition) is 6. The molecule has 42 heavy (non-hydrogen) atoms. The molecule has 0 saturated carbocycles. The Bertz CT molecular complexity index is 2070. The van der Waals surface area contributed by atoms with Gasteiger partial charge in [0.2, 0.25) is 5.88 Å². The van der Waals surface area contributed by atoms with Gasteiger partial charge in [0.05, 0.1) is 34.5 Å². The van der Waals surface area contributed by atoms with Gasteiger partial charge in [-0.2, -0.15) is 5.10 Å². The van der Waals surface area contributed by atoms with Gasteiger partial charge in [-0.25, -0.2) is 4.52 Å². The molecule has 7 rings (SSSR count). The molecule has 3 aromatic carbocycles. The van der Waals surface area contributed by atoms with Crippen LogP contribution in [0, 0.1) is 0 Å². The van der Waals surface area contributed by atoms with Crippen molar-refractivity contribution >= 4 is 55.9 Å². The second-order valence-corrected chi connectivity index (χ2v) is 11.5. The number of amides is 1. The number of rotatable bonds is 5. The summed E-state index contributed by atoms with van der Waals surface area (Å²) in [7, 11) is 1.77. The highest BCUT2D eigenvalue weighted by atomic mass is 79.9. The fourth-order valence-corrected chi connectivity index (χ4v) is 6.06. The smallest absolute Gasteiger partial charge is 0.261 e. The molecule has 0 spiro atoms. The van der Waals surface area contributed by atoms with Crippen LogP contribution in [0.4, 0.5) is 5.88 Å². The zero-order valence-electron chi connectivity index (χ0n) is 22.5. The second-order valence-electron chi connectivity index (χ2n) is 10.2. The largest absolute Gasteiger partial charge is 0.357 e. The maximum absolute atomic E-state index is 14.3. The minimum atomic E-state index is -0.152. The van der Waals surface area contributed by atoms with Crippen LogP contribution in [0.2, 0.25) is 5.02 Å². The first kappa shape index (κ1) is 26.5. The molecule has 1 amide bonds. The Balaban J connectivity index is 1.39. The molecular weight excluding hydrogens is 620 g/mol. The first-order valence-corrected chi connectivity index (χ1v) is 14.6. The Morgan fingerprint density at radius 1 is 1.12 bits per heavy atom. The molecule has 4 heterocycles. The average Bonchev–Trinajstić information content (AvgIpc) is 3.62. The van der Waals surface area contributed by atoms with E-state index in [0.29, 0.717) is 64.0 Å². The van der Waals surface area contributed by atoms with Crippen molar-refractivity contribution in [2.24, 2.45) is 0 Å². The molecule has 1 aliphatic rings. The van der Waals surface area contributed by atoms with E-state index in [1.165, 1.54) is 0 Å². The predicted octanol–water partition coefficient (Wildman–Crippen LogP) is 5.87. The van der Waals surface area contributed by atoms with Gasteiger partial charge in [-0.1, -0.05) is 47.1 Å². The molecule has 0 atom stereocenters. The van der Waals surface area contributed by atoms with Crippen LogP contribution < -0.4 is 10.9 Å². The Labute approximate surface area is 253 Å². The van der Waals surface area contributed by atoms with Gasteiger partial charge in [0, 0.05) is 41.2 Å². The van der Waals surface area contributed by atoms with E-state index in [-0.39, 0.29) is 18.0 Å². The van der Waals surface area contributed by atoms with Crippen molar-refractivity contribution in [1.82, 2.24) is 24.2 Å². The molecule has 1 N–H and O–H groups in total. The maximum Gasteiger partial charge on any atom is 0.261 e. The van der Waals surface area contributed by atoms with E-state index in [4.69, 9.17) is 21.2 Å². The molecule has 1 aliphatic heterocycles. The van der Waals surface area contributed by atoms with E-state index in [0.717, 1.165) is 21.0 Å². The molecule has 210 valence electrons. The van der Waals surface area contributed by atoms with Crippen LogP contribution in [-0.2, 0) is 19.4 Å². The first-order valence-electron chi connectivity index (χ1n) is 13.4. The molecule has 0 bridgehead atoms. The van der Waals surface area contributed by atoms with Gasteiger partial charge < -0.3 is 14.7 Å². The third kappa shape index (κ3) is 4.38. The number of hydrogen-bond donors (Lipinski definition) is 1. The zero-order chi connectivity index (χ0) is 29.0. The van der Waals surface area contributed by atoms with Crippen LogP contribution in [0.5, 0.6) is 0 Å². The van der Waals surface area contributed by atoms with Crippen LogP contribution in [0.15, 0.2) is 86.7 Å². The summed E-state index contributed by atoms with van der Waals surface area (Å²) in [5.41, 5.74) is 5.62. The quantitative estimate of drug-likeness (QED) is 0.252. The number of nitrogens with zero attached hydrogens (tertiary/aromatic N) is 5. The molecule has 0 saturated heterocycles. The predicted molar refractivity (Wildman–Crippen MR) is 165 cm³/mol. The third-order valence-corrected chi connectivity index (χ3v) is 8.94. The molecule has 0 aliphatic carbocycles. The molecule has 11 heteroatoms. The van der Waals surface area contributed by atoms with Crippen molar-refractivity contribution in [3.63, 3.8) is 0 Å². The topological polar surface area (TPSA) is 97.7 Å².